The minimum Gasteiger partial charge on any atom is -0.335 e. The summed E-state index contributed by atoms with van der Waals surface area (Å²) in [5.41, 5.74) is 0.543. The van der Waals surface area contributed by atoms with E-state index in [2.05, 4.69) is 21.9 Å². The number of urea groups is 1. The van der Waals surface area contributed by atoms with Crippen LogP contribution >= 0.6 is 0 Å². The Morgan fingerprint density at radius 2 is 2.00 bits per heavy atom. The average Bonchev–Trinajstić information content (AvgIpc) is 3.30. The average molecular weight is 337 g/mol. The summed E-state index contributed by atoms with van der Waals surface area (Å²) in [6, 6.07) is 5.92. The molecule has 1 atom stereocenters. The van der Waals surface area contributed by atoms with Crippen LogP contribution in [0.1, 0.15) is 32.6 Å². The van der Waals surface area contributed by atoms with Gasteiger partial charge in [-0.15, -0.1) is 6.58 Å². The number of sulfonamides is 1. The molecular weight excluding hydrogens is 314 g/mol. The van der Waals surface area contributed by atoms with Crippen LogP contribution in [-0.4, -0.2) is 26.5 Å². The number of benzene rings is 1. The topological polar surface area (TPSA) is 87.3 Å². The molecule has 0 aromatic heterocycles. The molecular formula is C16H23N3O3S. The van der Waals surface area contributed by atoms with Crippen molar-refractivity contribution < 1.29 is 13.2 Å². The van der Waals surface area contributed by atoms with E-state index in [1.54, 1.807) is 18.2 Å². The standard InChI is InChI=1S/C16H23N3O3S/c1-3-5-12(4-2)17-16(20)18-13-8-10-15(11-9-13)23(21,22)19-14-6-7-14/h3,8-12,14,19H,1,4-7H2,2H3,(H2,17,18,20)/t12-/m1/s1. The summed E-state index contributed by atoms with van der Waals surface area (Å²) in [4.78, 5) is 12.1. The molecule has 6 nitrogen and oxygen atoms in total. The molecule has 1 aliphatic carbocycles. The van der Waals surface area contributed by atoms with Crippen molar-refractivity contribution in [1.29, 1.82) is 0 Å². The summed E-state index contributed by atoms with van der Waals surface area (Å²) in [5, 5.41) is 5.54. The molecule has 1 saturated carbocycles. The second-order valence-corrected chi connectivity index (χ2v) is 7.36. The largest absolute Gasteiger partial charge is 0.335 e. The first-order chi connectivity index (χ1) is 10.9. The van der Waals surface area contributed by atoms with Crippen molar-refractivity contribution in [1.82, 2.24) is 10.0 Å². The molecule has 7 heteroatoms. The Labute approximate surface area is 137 Å². The Morgan fingerprint density at radius 3 is 2.52 bits per heavy atom. The molecule has 0 aliphatic heterocycles. The third kappa shape index (κ3) is 5.37. The Balaban J connectivity index is 1.94. The molecule has 1 aromatic rings. The van der Waals surface area contributed by atoms with Gasteiger partial charge in [-0.1, -0.05) is 13.0 Å². The maximum atomic E-state index is 12.1. The van der Waals surface area contributed by atoms with Gasteiger partial charge in [-0.2, -0.15) is 0 Å². The van der Waals surface area contributed by atoms with Crippen molar-refractivity contribution >= 4 is 21.7 Å². The predicted octanol–water partition coefficient (Wildman–Crippen LogP) is 2.60. The SMILES string of the molecule is C=CC[C@@H](CC)NC(=O)Nc1ccc(S(=O)(=O)NC2CC2)cc1. The number of hydrogen-bond acceptors (Lipinski definition) is 3. The lowest BCUT2D eigenvalue weighted by Crippen LogP contribution is -2.37. The van der Waals surface area contributed by atoms with E-state index in [0.29, 0.717) is 12.1 Å². The summed E-state index contributed by atoms with van der Waals surface area (Å²) < 4.78 is 26.7. The number of nitrogens with one attached hydrogen (secondary N) is 3. The molecule has 0 spiro atoms. The van der Waals surface area contributed by atoms with Crippen molar-refractivity contribution in [3.8, 4) is 0 Å². The molecule has 2 amide bonds. The molecule has 126 valence electrons. The second kappa shape index (κ2) is 7.61. The van der Waals surface area contributed by atoms with E-state index in [-0.39, 0.29) is 23.0 Å². The van der Waals surface area contributed by atoms with Crippen LogP contribution in [0.25, 0.3) is 0 Å². The fourth-order valence-electron chi connectivity index (χ4n) is 2.09. The third-order valence-electron chi connectivity index (χ3n) is 3.60. The number of amides is 2. The molecule has 0 heterocycles. The first-order valence-corrected chi connectivity index (χ1v) is 9.23. The predicted molar refractivity (Wildman–Crippen MR) is 90.8 cm³/mol. The lowest BCUT2D eigenvalue weighted by molar-refractivity contribution is 0.248. The maximum absolute atomic E-state index is 12.1. The van der Waals surface area contributed by atoms with Gasteiger partial charge in [0.2, 0.25) is 10.0 Å². The van der Waals surface area contributed by atoms with Gasteiger partial charge >= 0.3 is 6.03 Å². The number of carbonyl (C=O) groups is 1. The van der Waals surface area contributed by atoms with E-state index in [4.69, 9.17) is 0 Å². The van der Waals surface area contributed by atoms with Crippen LogP contribution in [0.2, 0.25) is 0 Å². The lowest BCUT2D eigenvalue weighted by atomic mass is 10.1. The van der Waals surface area contributed by atoms with Gasteiger partial charge in [0.25, 0.3) is 0 Å². The fraction of sp³-hybridized carbons (Fsp3) is 0.438. The molecule has 1 fully saturated rings. The summed E-state index contributed by atoms with van der Waals surface area (Å²) in [6.07, 6.45) is 5.06. The van der Waals surface area contributed by atoms with Crippen molar-refractivity contribution in [3.05, 3.63) is 36.9 Å². The number of carbonyl (C=O) groups excluding carboxylic acids is 1. The fourth-order valence-corrected chi connectivity index (χ4v) is 3.39. The Morgan fingerprint density at radius 1 is 1.35 bits per heavy atom. The van der Waals surface area contributed by atoms with E-state index in [1.165, 1.54) is 12.1 Å². The Kier molecular flexibility index (Phi) is 5.79. The highest BCUT2D eigenvalue weighted by Gasteiger charge is 2.27. The smallest absolute Gasteiger partial charge is 0.319 e. The maximum Gasteiger partial charge on any atom is 0.319 e. The van der Waals surface area contributed by atoms with Gasteiger partial charge in [0.05, 0.1) is 4.90 Å². The van der Waals surface area contributed by atoms with Gasteiger partial charge in [0.15, 0.2) is 0 Å². The van der Waals surface area contributed by atoms with Crippen molar-refractivity contribution in [3.63, 3.8) is 0 Å². The van der Waals surface area contributed by atoms with E-state index >= 15 is 0 Å². The molecule has 0 unspecified atom stereocenters. The highest BCUT2D eigenvalue weighted by molar-refractivity contribution is 7.89. The molecule has 0 saturated heterocycles. The van der Waals surface area contributed by atoms with E-state index < -0.39 is 10.0 Å². The molecule has 1 aliphatic rings. The summed E-state index contributed by atoms with van der Waals surface area (Å²) in [5.74, 6) is 0. The zero-order valence-corrected chi connectivity index (χ0v) is 14.0. The van der Waals surface area contributed by atoms with Crippen LogP contribution in [0, 0.1) is 0 Å². The first-order valence-electron chi connectivity index (χ1n) is 7.75. The normalized spacial score (nSPS) is 15.7. The Hall–Kier alpha value is -1.86. The van der Waals surface area contributed by atoms with Gasteiger partial charge in [-0.05, 0) is 49.9 Å². The van der Waals surface area contributed by atoms with Crippen LogP contribution in [0.3, 0.4) is 0 Å². The van der Waals surface area contributed by atoms with E-state index in [1.807, 2.05) is 6.92 Å². The zero-order valence-electron chi connectivity index (χ0n) is 13.2. The van der Waals surface area contributed by atoms with Crippen LogP contribution < -0.4 is 15.4 Å². The first kappa shape index (κ1) is 17.5. The van der Waals surface area contributed by atoms with Crippen LogP contribution in [0.15, 0.2) is 41.8 Å². The van der Waals surface area contributed by atoms with E-state index in [0.717, 1.165) is 19.3 Å². The van der Waals surface area contributed by atoms with E-state index in [9.17, 15) is 13.2 Å². The van der Waals surface area contributed by atoms with Crippen molar-refractivity contribution in [2.45, 2.75) is 49.6 Å². The second-order valence-electron chi connectivity index (χ2n) is 5.65. The van der Waals surface area contributed by atoms with Gasteiger partial charge in [0, 0.05) is 17.8 Å². The molecule has 2 rings (SSSR count). The summed E-state index contributed by atoms with van der Waals surface area (Å²) in [7, 11) is -3.46. The number of anilines is 1. The number of rotatable bonds is 8. The minimum absolute atomic E-state index is 0.0369. The molecule has 0 bridgehead atoms. The highest BCUT2D eigenvalue weighted by Crippen LogP contribution is 2.22. The monoisotopic (exact) mass is 337 g/mol. The molecule has 1 aromatic carbocycles. The van der Waals surface area contributed by atoms with Crippen molar-refractivity contribution in [2.24, 2.45) is 0 Å². The number of hydrogen-bond donors (Lipinski definition) is 3. The molecule has 3 N–H and O–H groups in total. The lowest BCUT2D eigenvalue weighted by Gasteiger charge is -2.15. The van der Waals surface area contributed by atoms with Crippen LogP contribution in [0.4, 0.5) is 10.5 Å². The summed E-state index contributed by atoms with van der Waals surface area (Å²) >= 11 is 0. The molecule has 23 heavy (non-hydrogen) atoms. The van der Waals surface area contributed by atoms with Crippen LogP contribution in [-0.2, 0) is 10.0 Å². The van der Waals surface area contributed by atoms with Gasteiger partial charge < -0.3 is 10.6 Å². The zero-order chi connectivity index (χ0) is 16.9. The summed E-state index contributed by atoms with van der Waals surface area (Å²) in [6.45, 7) is 5.65. The molecule has 0 radical (unpaired) electrons. The van der Waals surface area contributed by atoms with Gasteiger partial charge in [-0.25, -0.2) is 17.9 Å². The van der Waals surface area contributed by atoms with Gasteiger partial charge in [0.1, 0.15) is 0 Å². The highest BCUT2D eigenvalue weighted by atomic mass is 32.2. The third-order valence-corrected chi connectivity index (χ3v) is 5.14. The minimum atomic E-state index is -3.46. The Bertz CT molecular complexity index is 652. The van der Waals surface area contributed by atoms with Crippen molar-refractivity contribution in [2.75, 3.05) is 5.32 Å². The van der Waals surface area contributed by atoms with Crippen LogP contribution in [0.5, 0.6) is 0 Å². The van der Waals surface area contributed by atoms with Gasteiger partial charge in [-0.3, -0.25) is 0 Å². The quantitative estimate of drug-likeness (QED) is 0.637.